The molecule has 0 saturated carbocycles. The normalized spacial score (nSPS) is 13.9. The fourth-order valence-corrected chi connectivity index (χ4v) is 4.82. The average Bonchev–Trinajstić information content (AvgIpc) is 2.49. The van der Waals surface area contributed by atoms with Gasteiger partial charge in [0, 0.05) is 10.8 Å². The lowest BCUT2D eigenvalue weighted by molar-refractivity contribution is 0.846. The van der Waals surface area contributed by atoms with Crippen LogP contribution in [0.15, 0.2) is 59.5 Å². The highest BCUT2D eigenvalue weighted by molar-refractivity contribution is 8.17. The number of benzene rings is 2. The summed E-state index contributed by atoms with van der Waals surface area (Å²) < 4.78 is 0.560. The van der Waals surface area contributed by atoms with Crippen molar-refractivity contribution in [2.24, 2.45) is 0 Å². The van der Waals surface area contributed by atoms with Crippen molar-refractivity contribution < 1.29 is 0 Å². The van der Waals surface area contributed by atoms with Gasteiger partial charge < -0.3 is 0 Å². The molecule has 2 aromatic carbocycles. The van der Waals surface area contributed by atoms with Crippen molar-refractivity contribution in [3.63, 3.8) is 0 Å². The zero-order valence-electron chi connectivity index (χ0n) is 12.4. The van der Waals surface area contributed by atoms with E-state index < -0.39 is 0 Å². The Morgan fingerprint density at radius 2 is 1.60 bits per heavy atom. The quantitative estimate of drug-likeness (QED) is 0.476. The summed E-state index contributed by atoms with van der Waals surface area (Å²) in [6.45, 7) is 6.72. The maximum atomic E-state index is 2.34. The van der Waals surface area contributed by atoms with Crippen LogP contribution in [0.25, 0.3) is 0 Å². The van der Waals surface area contributed by atoms with E-state index in [1.807, 2.05) is 23.5 Å². The Kier molecular flexibility index (Phi) is 6.06. The molecule has 2 atom stereocenters. The van der Waals surface area contributed by atoms with E-state index in [1.54, 1.807) is 0 Å². The molecule has 0 aromatic heterocycles. The summed E-state index contributed by atoms with van der Waals surface area (Å²) in [6.07, 6.45) is 0. The SMILES string of the molecule is CCSC(Sc1ccc(C)cc1)C(C)c1ccccc1. The molecule has 2 unspecified atom stereocenters. The van der Waals surface area contributed by atoms with Crippen molar-refractivity contribution in [1.29, 1.82) is 0 Å². The first-order valence-corrected chi connectivity index (χ1v) is 9.03. The fraction of sp³-hybridized carbons (Fsp3) is 0.333. The van der Waals surface area contributed by atoms with Gasteiger partial charge in [0.15, 0.2) is 0 Å². The Labute approximate surface area is 131 Å². The summed E-state index contributed by atoms with van der Waals surface area (Å²) in [5.74, 6) is 1.70. The van der Waals surface area contributed by atoms with Crippen LogP contribution < -0.4 is 0 Å². The molecule has 0 bridgehead atoms. The van der Waals surface area contributed by atoms with Crippen LogP contribution in [0.5, 0.6) is 0 Å². The van der Waals surface area contributed by atoms with Crippen molar-refractivity contribution in [2.75, 3.05) is 5.75 Å². The van der Waals surface area contributed by atoms with Crippen LogP contribution in [-0.2, 0) is 0 Å². The van der Waals surface area contributed by atoms with Gasteiger partial charge in [-0.25, -0.2) is 0 Å². The zero-order chi connectivity index (χ0) is 14.4. The molecule has 0 aliphatic heterocycles. The molecule has 2 aromatic rings. The maximum Gasteiger partial charge on any atom is 0.0615 e. The van der Waals surface area contributed by atoms with E-state index in [-0.39, 0.29) is 0 Å². The first-order chi connectivity index (χ1) is 9.70. The van der Waals surface area contributed by atoms with Gasteiger partial charge in [0.2, 0.25) is 0 Å². The van der Waals surface area contributed by atoms with Gasteiger partial charge in [0.1, 0.15) is 0 Å². The van der Waals surface area contributed by atoms with Crippen LogP contribution in [0.1, 0.15) is 30.9 Å². The molecule has 0 amide bonds. The number of aryl methyl sites for hydroxylation is 1. The molecule has 2 rings (SSSR count). The van der Waals surface area contributed by atoms with Crippen LogP contribution in [0.2, 0.25) is 0 Å². The molecule has 106 valence electrons. The lowest BCUT2D eigenvalue weighted by atomic mass is 10.0. The second kappa shape index (κ2) is 7.80. The highest BCUT2D eigenvalue weighted by atomic mass is 32.2. The lowest BCUT2D eigenvalue weighted by Gasteiger charge is -2.23. The Hall–Kier alpha value is -0.860. The van der Waals surface area contributed by atoms with Crippen LogP contribution in [0.4, 0.5) is 0 Å². The van der Waals surface area contributed by atoms with Gasteiger partial charge in [-0.1, -0.05) is 61.9 Å². The number of thioether (sulfide) groups is 2. The maximum absolute atomic E-state index is 2.34. The van der Waals surface area contributed by atoms with E-state index in [0.717, 1.165) is 5.75 Å². The van der Waals surface area contributed by atoms with Gasteiger partial charge in [-0.2, -0.15) is 0 Å². The third-order valence-electron chi connectivity index (χ3n) is 3.34. The molecule has 0 radical (unpaired) electrons. The van der Waals surface area contributed by atoms with Crippen LogP contribution in [0.3, 0.4) is 0 Å². The molecule has 0 heterocycles. The van der Waals surface area contributed by atoms with Gasteiger partial charge in [0.25, 0.3) is 0 Å². The van der Waals surface area contributed by atoms with Crippen molar-refractivity contribution in [2.45, 2.75) is 36.2 Å². The minimum atomic E-state index is 0.549. The molecule has 0 nitrogen and oxygen atoms in total. The van der Waals surface area contributed by atoms with Crippen molar-refractivity contribution >= 4 is 23.5 Å². The summed E-state index contributed by atoms with van der Waals surface area (Å²) >= 11 is 4.03. The van der Waals surface area contributed by atoms with Gasteiger partial charge in [-0.15, -0.1) is 23.5 Å². The molecule has 0 saturated heterocycles. The summed E-state index contributed by atoms with van der Waals surface area (Å²) in [5.41, 5.74) is 2.75. The van der Waals surface area contributed by atoms with Gasteiger partial charge >= 0.3 is 0 Å². The predicted molar refractivity (Wildman–Crippen MR) is 93.8 cm³/mol. The first kappa shape index (κ1) is 15.5. The third kappa shape index (κ3) is 4.32. The van der Waals surface area contributed by atoms with Crippen molar-refractivity contribution in [1.82, 2.24) is 0 Å². The average molecular weight is 303 g/mol. The summed E-state index contributed by atoms with van der Waals surface area (Å²) in [7, 11) is 0. The Morgan fingerprint density at radius 1 is 0.950 bits per heavy atom. The largest absolute Gasteiger partial charge is 0.147 e. The van der Waals surface area contributed by atoms with Gasteiger partial charge in [-0.3, -0.25) is 0 Å². The van der Waals surface area contributed by atoms with Crippen LogP contribution >= 0.6 is 23.5 Å². The standard InChI is InChI=1S/C18H22S2/c1-4-19-18(15(3)16-8-6-5-7-9-16)20-17-12-10-14(2)11-13-17/h5-13,15,18H,4H2,1-3H3. The zero-order valence-corrected chi connectivity index (χ0v) is 14.0. The fourth-order valence-electron chi connectivity index (χ4n) is 2.11. The molecule has 20 heavy (non-hydrogen) atoms. The van der Waals surface area contributed by atoms with Crippen LogP contribution in [0, 0.1) is 6.92 Å². The summed E-state index contributed by atoms with van der Waals surface area (Å²) in [5, 5.41) is 0. The predicted octanol–water partition coefficient (Wildman–Crippen LogP) is 5.97. The molecule has 0 spiro atoms. The van der Waals surface area contributed by atoms with Crippen molar-refractivity contribution in [3.05, 3.63) is 65.7 Å². The smallest absolute Gasteiger partial charge is 0.0615 e. The molecule has 0 aliphatic carbocycles. The van der Waals surface area contributed by atoms with E-state index in [0.29, 0.717) is 10.5 Å². The summed E-state index contributed by atoms with van der Waals surface area (Å²) in [4.78, 5) is 1.37. The topological polar surface area (TPSA) is 0 Å². The molecular formula is C18H22S2. The minimum Gasteiger partial charge on any atom is -0.147 e. The second-order valence-corrected chi connectivity index (χ2v) is 7.89. The number of hydrogen-bond donors (Lipinski definition) is 0. The highest BCUT2D eigenvalue weighted by Crippen LogP contribution is 2.40. The molecule has 0 fully saturated rings. The molecule has 0 aliphatic rings. The Balaban J connectivity index is 2.12. The third-order valence-corrected chi connectivity index (χ3v) is 6.29. The first-order valence-electron chi connectivity index (χ1n) is 7.10. The highest BCUT2D eigenvalue weighted by Gasteiger charge is 2.20. The monoisotopic (exact) mass is 302 g/mol. The lowest BCUT2D eigenvalue weighted by Crippen LogP contribution is -2.09. The number of hydrogen-bond acceptors (Lipinski definition) is 2. The van der Waals surface area contributed by atoms with Crippen LogP contribution in [-0.4, -0.2) is 10.3 Å². The van der Waals surface area contributed by atoms with Gasteiger partial charge in [0.05, 0.1) is 4.58 Å². The van der Waals surface area contributed by atoms with E-state index in [9.17, 15) is 0 Å². The van der Waals surface area contributed by atoms with E-state index >= 15 is 0 Å². The summed E-state index contributed by atoms with van der Waals surface area (Å²) in [6, 6.07) is 19.7. The minimum absolute atomic E-state index is 0.549. The second-order valence-electron chi connectivity index (χ2n) is 4.95. The van der Waals surface area contributed by atoms with Gasteiger partial charge in [-0.05, 0) is 30.4 Å². The Morgan fingerprint density at radius 3 is 2.20 bits per heavy atom. The van der Waals surface area contributed by atoms with E-state index in [4.69, 9.17) is 0 Å². The van der Waals surface area contributed by atoms with E-state index in [2.05, 4.69) is 75.4 Å². The molecular weight excluding hydrogens is 280 g/mol. The molecule has 0 N–H and O–H groups in total. The van der Waals surface area contributed by atoms with Crippen molar-refractivity contribution in [3.8, 4) is 0 Å². The number of rotatable bonds is 6. The van der Waals surface area contributed by atoms with E-state index in [1.165, 1.54) is 16.0 Å². The Bertz CT molecular complexity index is 505. The molecule has 2 heteroatoms.